The Labute approximate surface area is 117 Å². The Kier molecular flexibility index (Phi) is 5.98. The van der Waals surface area contributed by atoms with Crippen molar-refractivity contribution in [3.8, 4) is 0 Å². The molecule has 6 heteroatoms. The monoisotopic (exact) mass is 284 g/mol. The van der Waals surface area contributed by atoms with Crippen LogP contribution in [-0.4, -0.2) is 35.6 Å². The molecule has 0 unspecified atom stereocenters. The first kappa shape index (κ1) is 15.7. The number of amides is 2. The minimum absolute atomic E-state index is 0.0299. The summed E-state index contributed by atoms with van der Waals surface area (Å²) in [5, 5.41) is 18.0. The van der Waals surface area contributed by atoms with Crippen molar-refractivity contribution in [1.29, 1.82) is 0 Å². The van der Waals surface area contributed by atoms with Crippen molar-refractivity contribution in [2.24, 2.45) is 0 Å². The van der Waals surface area contributed by atoms with E-state index in [2.05, 4.69) is 10.6 Å². The molecule has 0 aromatic carbocycles. The number of carbonyl (C=O) groups is 2. The van der Waals surface area contributed by atoms with E-state index in [0.29, 0.717) is 18.5 Å². The number of hydrogen-bond donors (Lipinski definition) is 3. The molecule has 0 fully saturated rings. The molecule has 0 radical (unpaired) electrons. The summed E-state index contributed by atoms with van der Waals surface area (Å²) in [5.41, 5.74) is 0.189. The Balaban J connectivity index is 2.26. The normalized spacial score (nSPS) is 11.1. The molecule has 0 aliphatic rings. The van der Waals surface area contributed by atoms with Crippen LogP contribution in [0.25, 0.3) is 0 Å². The van der Waals surface area contributed by atoms with Crippen LogP contribution < -0.4 is 10.6 Å². The fraction of sp³-hybridized carbons (Fsp3) is 0.538. The number of nitrogens with one attached hydrogen (secondary N) is 2. The zero-order chi connectivity index (χ0) is 14.3. The van der Waals surface area contributed by atoms with Crippen LogP contribution in [0.3, 0.4) is 0 Å². The number of carbonyl (C=O) groups excluding carboxylic acids is 2. The van der Waals surface area contributed by atoms with Crippen LogP contribution >= 0.6 is 11.3 Å². The van der Waals surface area contributed by atoms with E-state index in [9.17, 15) is 9.59 Å². The standard InChI is InChI=1S/C13H20N2O3S/c1-13(2,5-7-16)15-11(17)3-6-14-12(18)10-4-8-19-9-10/h4,8-9,16H,3,5-7H2,1-2H3,(H,14,18)(H,15,17). The summed E-state index contributed by atoms with van der Waals surface area (Å²) in [6, 6.07) is 1.74. The molecule has 0 saturated carbocycles. The first-order chi connectivity index (χ1) is 8.94. The second-order valence-corrected chi connectivity index (χ2v) is 5.70. The van der Waals surface area contributed by atoms with Gasteiger partial charge in [0.2, 0.25) is 5.91 Å². The SMILES string of the molecule is CC(C)(CCO)NC(=O)CCNC(=O)c1ccsc1. The third kappa shape index (κ3) is 5.85. The van der Waals surface area contributed by atoms with E-state index < -0.39 is 5.54 Å². The van der Waals surface area contributed by atoms with Crippen molar-refractivity contribution in [2.75, 3.05) is 13.2 Å². The van der Waals surface area contributed by atoms with E-state index in [1.807, 2.05) is 19.2 Å². The van der Waals surface area contributed by atoms with Crippen LogP contribution in [0.2, 0.25) is 0 Å². The number of hydrogen-bond acceptors (Lipinski definition) is 4. The van der Waals surface area contributed by atoms with E-state index in [4.69, 9.17) is 5.11 Å². The maximum absolute atomic E-state index is 11.7. The van der Waals surface area contributed by atoms with Gasteiger partial charge in [0.1, 0.15) is 0 Å². The van der Waals surface area contributed by atoms with Crippen LogP contribution in [0.4, 0.5) is 0 Å². The van der Waals surface area contributed by atoms with Gasteiger partial charge in [0.25, 0.3) is 5.91 Å². The maximum Gasteiger partial charge on any atom is 0.252 e. The van der Waals surface area contributed by atoms with E-state index in [1.165, 1.54) is 11.3 Å². The average molecular weight is 284 g/mol. The van der Waals surface area contributed by atoms with Crippen molar-refractivity contribution >= 4 is 23.2 Å². The van der Waals surface area contributed by atoms with Gasteiger partial charge in [-0.25, -0.2) is 0 Å². The topological polar surface area (TPSA) is 78.4 Å². The van der Waals surface area contributed by atoms with Crippen LogP contribution in [0.1, 0.15) is 37.0 Å². The second-order valence-electron chi connectivity index (χ2n) is 4.92. The largest absolute Gasteiger partial charge is 0.396 e. The zero-order valence-electron chi connectivity index (χ0n) is 11.2. The van der Waals surface area contributed by atoms with Crippen molar-refractivity contribution in [3.63, 3.8) is 0 Å². The van der Waals surface area contributed by atoms with Crippen LogP contribution in [0, 0.1) is 0 Å². The quantitative estimate of drug-likeness (QED) is 0.702. The number of aliphatic hydroxyl groups is 1. The summed E-state index contributed by atoms with van der Waals surface area (Å²) in [6.45, 7) is 4.04. The lowest BCUT2D eigenvalue weighted by Gasteiger charge is -2.25. The van der Waals surface area contributed by atoms with Gasteiger partial charge in [0.15, 0.2) is 0 Å². The first-order valence-corrected chi connectivity index (χ1v) is 7.11. The minimum Gasteiger partial charge on any atom is -0.396 e. The lowest BCUT2D eigenvalue weighted by atomic mass is 10.0. The fourth-order valence-corrected chi connectivity index (χ4v) is 2.20. The van der Waals surface area contributed by atoms with E-state index >= 15 is 0 Å². The van der Waals surface area contributed by atoms with Gasteiger partial charge in [0.05, 0.1) is 0 Å². The summed E-state index contributed by atoms with van der Waals surface area (Å²) in [6.07, 6.45) is 0.727. The molecular formula is C13H20N2O3S. The van der Waals surface area contributed by atoms with Crippen LogP contribution in [0.5, 0.6) is 0 Å². The molecule has 1 rings (SSSR count). The molecule has 2 amide bonds. The van der Waals surface area contributed by atoms with E-state index in [-0.39, 0.29) is 24.8 Å². The first-order valence-electron chi connectivity index (χ1n) is 6.17. The molecule has 0 aliphatic heterocycles. The van der Waals surface area contributed by atoms with Crippen molar-refractivity contribution in [2.45, 2.75) is 32.2 Å². The van der Waals surface area contributed by atoms with Gasteiger partial charge in [-0.1, -0.05) is 0 Å². The molecule has 19 heavy (non-hydrogen) atoms. The summed E-state index contributed by atoms with van der Waals surface area (Å²) < 4.78 is 0. The molecule has 1 aromatic heterocycles. The molecule has 0 bridgehead atoms. The van der Waals surface area contributed by atoms with E-state index in [1.54, 1.807) is 11.4 Å². The molecule has 0 saturated heterocycles. The Bertz CT molecular complexity index is 416. The minimum atomic E-state index is -0.427. The van der Waals surface area contributed by atoms with Gasteiger partial charge < -0.3 is 15.7 Å². The molecule has 5 nitrogen and oxygen atoms in total. The summed E-state index contributed by atoms with van der Waals surface area (Å²) in [7, 11) is 0. The third-order valence-corrected chi connectivity index (χ3v) is 3.32. The molecule has 1 heterocycles. The molecule has 0 atom stereocenters. The zero-order valence-corrected chi connectivity index (χ0v) is 12.0. The highest BCUT2D eigenvalue weighted by Gasteiger charge is 2.19. The number of rotatable bonds is 7. The lowest BCUT2D eigenvalue weighted by Crippen LogP contribution is -2.45. The van der Waals surface area contributed by atoms with Crippen molar-refractivity contribution in [1.82, 2.24) is 10.6 Å². The lowest BCUT2D eigenvalue weighted by molar-refractivity contribution is -0.122. The number of aliphatic hydroxyl groups excluding tert-OH is 1. The molecule has 0 spiro atoms. The highest BCUT2D eigenvalue weighted by molar-refractivity contribution is 7.08. The second kappa shape index (κ2) is 7.25. The summed E-state index contributed by atoms with van der Waals surface area (Å²) in [4.78, 5) is 23.3. The third-order valence-electron chi connectivity index (χ3n) is 2.64. The molecule has 3 N–H and O–H groups in total. The number of thiophene rings is 1. The summed E-state index contributed by atoms with van der Waals surface area (Å²) in [5.74, 6) is -0.298. The highest BCUT2D eigenvalue weighted by atomic mass is 32.1. The van der Waals surface area contributed by atoms with Gasteiger partial charge in [-0.3, -0.25) is 9.59 Å². The smallest absolute Gasteiger partial charge is 0.252 e. The predicted octanol–water partition coefficient (Wildman–Crippen LogP) is 1.15. The molecule has 0 aliphatic carbocycles. The van der Waals surface area contributed by atoms with Crippen molar-refractivity contribution < 1.29 is 14.7 Å². The van der Waals surface area contributed by atoms with Crippen molar-refractivity contribution in [3.05, 3.63) is 22.4 Å². The average Bonchev–Trinajstić information content (AvgIpc) is 2.81. The highest BCUT2D eigenvalue weighted by Crippen LogP contribution is 2.07. The fourth-order valence-electron chi connectivity index (χ4n) is 1.57. The van der Waals surface area contributed by atoms with Gasteiger partial charge in [-0.05, 0) is 31.7 Å². The molecule has 1 aromatic rings. The van der Waals surface area contributed by atoms with Gasteiger partial charge in [-0.15, -0.1) is 0 Å². The van der Waals surface area contributed by atoms with E-state index in [0.717, 1.165) is 0 Å². The summed E-state index contributed by atoms with van der Waals surface area (Å²) >= 11 is 1.46. The van der Waals surface area contributed by atoms with Crippen LogP contribution in [-0.2, 0) is 4.79 Å². The molecule has 106 valence electrons. The maximum atomic E-state index is 11.7. The van der Waals surface area contributed by atoms with Gasteiger partial charge >= 0.3 is 0 Å². The predicted molar refractivity (Wildman–Crippen MR) is 75.2 cm³/mol. The Hall–Kier alpha value is -1.40. The van der Waals surface area contributed by atoms with Gasteiger partial charge in [0, 0.05) is 36.1 Å². The van der Waals surface area contributed by atoms with Crippen LogP contribution in [0.15, 0.2) is 16.8 Å². The Morgan fingerprint density at radius 2 is 2.16 bits per heavy atom. The Morgan fingerprint density at radius 1 is 1.42 bits per heavy atom. The van der Waals surface area contributed by atoms with Gasteiger partial charge in [-0.2, -0.15) is 11.3 Å². The Morgan fingerprint density at radius 3 is 2.74 bits per heavy atom. The molecular weight excluding hydrogens is 264 g/mol.